The normalized spacial score (nSPS) is 13.3. The first-order valence-corrected chi connectivity index (χ1v) is 12.1. The molecule has 2 aromatic carbocycles. The first kappa shape index (κ1) is 23.6. The molecule has 0 bridgehead atoms. The molecule has 4 N–H and O–H groups in total. The van der Waals surface area contributed by atoms with Crippen molar-refractivity contribution in [3.05, 3.63) is 74.6 Å². The highest BCUT2D eigenvalue weighted by molar-refractivity contribution is 9.10. The highest BCUT2D eigenvalue weighted by Crippen LogP contribution is 2.35. The summed E-state index contributed by atoms with van der Waals surface area (Å²) in [7, 11) is 0. The molecule has 1 atom stereocenters. The van der Waals surface area contributed by atoms with E-state index < -0.39 is 0 Å². The zero-order valence-corrected chi connectivity index (χ0v) is 20.7. The number of nitrogens with two attached hydrogens (primary N) is 1. The lowest BCUT2D eigenvalue weighted by molar-refractivity contribution is 0.0947. The fourth-order valence-electron chi connectivity index (χ4n) is 3.98. The second-order valence-electron chi connectivity index (χ2n) is 8.02. The van der Waals surface area contributed by atoms with E-state index in [2.05, 4.69) is 49.7 Å². The van der Waals surface area contributed by atoms with Gasteiger partial charge in [0.15, 0.2) is 16.2 Å². The number of fused-ring (bicyclic) bond motifs is 1. The number of halogens is 2. The lowest BCUT2D eigenvalue weighted by atomic mass is 10.1. The van der Waals surface area contributed by atoms with Gasteiger partial charge in [-0.05, 0) is 52.0 Å². The molecule has 0 fully saturated rings. The molecule has 1 amide bonds. The number of hydrogen-bond donors (Lipinski definition) is 3. The van der Waals surface area contributed by atoms with Crippen molar-refractivity contribution >= 4 is 39.3 Å². The van der Waals surface area contributed by atoms with Crippen LogP contribution in [0.4, 0.5) is 5.82 Å². The van der Waals surface area contributed by atoms with Crippen molar-refractivity contribution in [2.45, 2.75) is 32.4 Å². The van der Waals surface area contributed by atoms with E-state index in [0.717, 1.165) is 29.7 Å². The van der Waals surface area contributed by atoms with Crippen molar-refractivity contribution in [3.8, 4) is 5.75 Å². The minimum absolute atomic E-state index is 0.131. The molecule has 174 valence electrons. The fraction of sp³-hybridized carbons (Fsp3) is 0.333. The van der Waals surface area contributed by atoms with Crippen molar-refractivity contribution < 1.29 is 9.53 Å². The number of anilines is 1. The van der Waals surface area contributed by atoms with Crippen molar-refractivity contribution in [2.75, 3.05) is 25.0 Å². The van der Waals surface area contributed by atoms with Gasteiger partial charge in [-0.15, -0.1) is 0 Å². The van der Waals surface area contributed by atoms with E-state index in [0.29, 0.717) is 47.5 Å². The molecule has 0 spiro atoms. The third-order valence-electron chi connectivity index (χ3n) is 5.48. The van der Waals surface area contributed by atoms with Crippen LogP contribution in [0.25, 0.3) is 0 Å². The number of ether oxygens (including phenoxy) is 1. The van der Waals surface area contributed by atoms with Crippen LogP contribution in [-0.2, 0) is 19.4 Å². The maximum Gasteiger partial charge on any atom is 0.271 e. The molecule has 1 aliphatic rings. The average Bonchev–Trinajstić information content (AvgIpc) is 3.38. The highest BCUT2D eigenvalue weighted by atomic mass is 79.9. The lowest BCUT2D eigenvalue weighted by Crippen LogP contribution is -2.32. The third kappa shape index (κ3) is 5.51. The SMILES string of the molecule is CCNC(=O)c1c(NC[C@H](N)Cc2ccccc2)nc(Br)n1Cc1cc(Cl)c2c(c1)CCO2. The number of rotatable bonds is 9. The van der Waals surface area contributed by atoms with Gasteiger partial charge in [-0.25, -0.2) is 4.98 Å². The summed E-state index contributed by atoms with van der Waals surface area (Å²) in [5, 5.41) is 6.75. The Kier molecular flexibility index (Phi) is 7.57. The number of nitrogens with zero attached hydrogens (tertiary/aromatic N) is 2. The standard InChI is InChI=1S/C24H27BrClN5O2/c1-2-28-23(32)20-22(29-13-18(27)11-15-6-4-3-5-7-15)30-24(25)31(20)14-16-10-17-8-9-33-21(17)19(26)12-16/h3-7,10,12,18,29H,2,8-9,11,13-14,27H2,1H3,(H,28,32)/t18-/m1/s1. The lowest BCUT2D eigenvalue weighted by Gasteiger charge is -2.15. The molecule has 2 heterocycles. The van der Waals surface area contributed by atoms with Crippen molar-refractivity contribution in [1.82, 2.24) is 14.9 Å². The van der Waals surface area contributed by atoms with Crippen LogP contribution in [0.5, 0.6) is 5.75 Å². The van der Waals surface area contributed by atoms with Gasteiger partial charge < -0.3 is 25.7 Å². The van der Waals surface area contributed by atoms with Crippen LogP contribution in [-0.4, -0.2) is 41.2 Å². The quantitative estimate of drug-likeness (QED) is 0.387. The molecule has 0 aliphatic carbocycles. The first-order valence-electron chi connectivity index (χ1n) is 11.0. The Morgan fingerprint density at radius 3 is 2.85 bits per heavy atom. The maximum absolute atomic E-state index is 13.0. The summed E-state index contributed by atoms with van der Waals surface area (Å²) < 4.78 is 8.00. The van der Waals surface area contributed by atoms with E-state index >= 15 is 0 Å². The predicted octanol–water partition coefficient (Wildman–Crippen LogP) is 4.01. The van der Waals surface area contributed by atoms with Gasteiger partial charge in [0.05, 0.1) is 18.2 Å². The van der Waals surface area contributed by atoms with E-state index in [4.69, 9.17) is 22.1 Å². The second-order valence-corrected chi connectivity index (χ2v) is 9.14. The Labute approximate surface area is 206 Å². The molecule has 1 aliphatic heterocycles. The Balaban J connectivity index is 1.56. The maximum atomic E-state index is 13.0. The van der Waals surface area contributed by atoms with Crippen LogP contribution in [0.3, 0.4) is 0 Å². The Morgan fingerprint density at radius 1 is 1.30 bits per heavy atom. The van der Waals surface area contributed by atoms with E-state index in [1.807, 2.05) is 35.8 Å². The molecule has 3 aromatic rings. The summed E-state index contributed by atoms with van der Waals surface area (Å²) >= 11 is 9.95. The van der Waals surface area contributed by atoms with Gasteiger partial charge >= 0.3 is 0 Å². The number of carbonyl (C=O) groups excluding carboxylic acids is 1. The summed E-state index contributed by atoms with van der Waals surface area (Å²) in [6.07, 6.45) is 1.55. The fourth-order valence-corrected chi connectivity index (χ4v) is 4.78. The zero-order valence-electron chi connectivity index (χ0n) is 18.4. The van der Waals surface area contributed by atoms with Crippen molar-refractivity contribution in [2.24, 2.45) is 5.73 Å². The molecule has 4 rings (SSSR count). The summed E-state index contributed by atoms with van der Waals surface area (Å²) in [6, 6.07) is 13.9. The number of imidazole rings is 1. The minimum Gasteiger partial charge on any atom is -0.491 e. The van der Waals surface area contributed by atoms with Gasteiger partial charge in [-0.1, -0.05) is 48.0 Å². The van der Waals surface area contributed by atoms with E-state index in [-0.39, 0.29) is 11.9 Å². The number of nitrogens with one attached hydrogen (secondary N) is 2. The summed E-state index contributed by atoms with van der Waals surface area (Å²) in [5.41, 5.74) is 10.0. The smallest absolute Gasteiger partial charge is 0.271 e. The summed E-state index contributed by atoms with van der Waals surface area (Å²) in [4.78, 5) is 17.5. The molecular weight excluding hydrogens is 506 g/mol. The molecule has 1 aromatic heterocycles. The van der Waals surface area contributed by atoms with Gasteiger partial charge in [-0.2, -0.15) is 0 Å². The average molecular weight is 533 g/mol. The number of hydrogen-bond acceptors (Lipinski definition) is 5. The van der Waals surface area contributed by atoms with Crippen LogP contribution >= 0.6 is 27.5 Å². The topological polar surface area (TPSA) is 94.2 Å². The zero-order chi connectivity index (χ0) is 23.4. The van der Waals surface area contributed by atoms with Gasteiger partial charge in [-0.3, -0.25) is 4.79 Å². The number of aromatic nitrogens is 2. The minimum atomic E-state index is -0.203. The molecule has 0 unspecified atom stereocenters. The largest absolute Gasteiger partial charge is 0.491 e. The Hall–Kier alpha value is -2.55. The third-order valence-corrected chi connectivity index (χ3v) is 6.37. The van der Waals surface area contributed by atoms with E-state index in [9.17, 15) is 4.79 Å². The van der Waals surface area contributed by atoms with Crippen molar-refractivity contribution in [1.29, 1.82) is 0 Å². The van der Waals surface area contributed by atoms with Crippen LogP contribution in [0.15, 0.2) is 47.2 Å². The molecule has 33 heavy (non-hydrogen) atoms. The molecule has 7 nitrogen and oxygen atoms in total. The Bertz CT molecular complexity index is 1140. The van der Waals surface area contributed by atoms with Crippen LogP contribution in [0.2, 0.25) is 5.02 Å². The van der Waals surface area contributed by atoms with Crippen LogP contribution in [0, 0.1) is 0 Å². The summed E-state index contributed by atoms with van der Waals surface area (Å²) in [6.45, 7) is 3.94. The van der Waals surface area contributed by atoms with Gasteiger partial charge in [0.25, 0.3) is 5.91 Å². The second kappa shape index (κ2) is 10.6. The molecule has 0 radical (unpaired) electrons. The monoisotopic (exact) mass is 531 g/mol. The van der Waals surface area contributed by atoms with Gasteiger partial charge in [0, 0.05) is 25.6 Å². The van der Waals surface area contributed by atoms with Crippen LogP contribution < -0.4 is 21.1 Å². The first-order chi connectivity index (χ1) is 16.0. The van der Waals surface area contributed by atoms with E-state index in [1.54, 1.807) is 0 Å². The van der Waals surface area contributed by atoms with Gasteiger partial charge in [0.2, 0.25) is 0 Å². The number of amides is 1. The van der Waals surface area contributed by atoms with Crippen LogP contribution in [0.1, 0.15) is 34.1 Å². The molecule has 0 saturated carbocycles. The summed E-state index contributed by atoms with van der Waals surface area (Å²) in [5.74, 6) is 1.04. The molecule has 0 saturated heterocycles. The van der Waals surface area contributed by atoms with Gasteiger partial charge in [0.1, 0.15) is 5.75 Å². The Morgan fingerprint density at radius 2 is 2.09 bits per heavy atom. The van der Waals surface area contributed by atoms with E-state index in [1.165, 1.54) is 5.56 Å². The number of carbonyl (C=O) groups is 1. The van der Waals surface area contributed by atoms with Crippen molar-refractivity contribution in [3.63, 3.8) is 0 Å². The number of benzene rings is 2. The predicted molar refractivity (Wildman–Crippen MR) is 134 cm³/mol. The molecular formula is C24H27BrClN5O2. The highest BCUT2D eigenvalue weighted by Gasteiger charge is 2.24. The molecule has 9 heteroatoms.